The van der Waals surface area contributed by atoms with Crippen LogP contribution in [0.1, 0.15) is 55.5 Å². The van der Waals surface area contributed by atoms with E-state index in [4.69, 9.17) is 4.52 Å². The summed E-state index contributed by atoms with van der Waals surface area (Å²) in [7, 11) is 0. The van der Waals surface area contributed by atoms with Gasteiger partial charge in [-0.2, -0.15) is 0 Å². The van der Waals surface area contributed by atoms with E-state index in [1.165, 1.54) is 18.6 Å². The summed E-state index contributed by atoms with van der Waals surface area (Å²) >= 11 is 0. The molecule has 0 radical (unpaired) electrons. The second-order valence-electron chi connectivity index (χ2n) is 8.50. The topological polar surface area (TPSA) is 49.6 Å². The summed E-state index contributed by atoms with van der Waals surface area (Å²) in [6.45, 7) is 5.92. The molecule has 1 aromatic carbocycles. The van der Waals surface area contributed by atoms with Gasteiger partial charge < -0.3 is 9.42 Å². The van der Waals surface area contributed by atoms with Crippen molar-refractivity contribution in [2.75, 3.05) is 26.2 Å². The molecule has 1 aliphatic carbocycles. The maximum absolute atomic E-state index is 13.8. The van der Waals surface area contributed by atoms with Gasteiger partial charge in [-0.15, -0.1) is 0 Å². The van der Waals surface area contributed by atoms with E-state index in [1.807, 2.05) is 30.0 Å². The Morgan fingerprint density at radius 3 is 2.52 bits per heavy atom. The third-order valence-corrected chi connectivity index (χ3v) is 6.45. The van der Waals surface area contributed by atoms with E-state index in [2.05, 4.69) is 10.1 Å². The summed E-state index contributed by atoms with van der Waals surface area (Å²) < 4.78 is 18.7. The average molecular weight is 400 g/mol. The lowest BCUT2D eigenvalue weighted by Gasteiger charge is -2.40. The molecule has 1 saturated heterocycles. The molecule has 2 aromatic rings. The van der Waals surface area contributed by atoms with Gasteiger partial charge in [0.15, 0.2) is 0 Å². The molecule has 4 rings (SSSR count). The van der Waals surface area contributed by atoms with E-state index in [9.17, 15) is 9.18 Å². The lowest BCUT2D eigenvalue weighted by Crippen LogP contribution is -2.49. The Morgan fingerprint density at radius 2 is 1.83 bits per heavy atom. The lowest BCUT2D eigenvalue weighted by molar-refractivity contribution is -0.138. The minimum Gasteiger partial charge on any atom is -0.361 e. The van der Waals surface area contributed by atoms with Crippen molar-refractivity contribution < 1.29 is 13.7 Å². The molecule has 0 N–H and O–H groups in total. The Labute approximate surface area is 171 Å². The number of carbonyl (C=O) groups is 1. The molecule has 1 aromatic heterocycles. The monoisotopic (exact) mass is 399 g/mol. The van der Waals surface area contributed by atoms with Gasteiger partial charge in [0.1, 0.15) is 11.6 Å². The largest absolute Gasteiger partial charge is 0.361 e. The number of hydrogen-bond acceptors (Lipinski definition) is 4. The molecular formula is C23H30FN3O2. The van der Waals surface area contributed by atoms with Crippen LogP contribution in [0.25, 0.3) is 0 Å². The summed E-state index contributed by atoms with van der Waals surface area (Å²) in [5, 5.41) is 4.10. The normalized spacial score (nSPS) is 20.4. The zero-order valence-electron chi connectivity index (χ0n) is 17.2. The average Bonchev–Trinajstić information content (AvgIpc) is 3.00. The summed E-state index contributed by atoms with van der Waals surface area (Å²) in [5.41, 5.74) is 1.42. The highest BCUT2D eigenvalue weighted by Crippen LogP contribution is 2.41. The zero-order chi connectivity index (χ0) is 20.3. The molecule has 0 unspecified atom stereocenters. The molecule has 0 atom stereocenters. The molecule has 2 aliphatic rings. The van der Waals surface area contributed by atoms with Crippen molar-refractivity contribution in [3.8, 4) is 0 Å². The second kappa shape index (κ2) is 8.66. The number of carbonyl (C=O) groups excluding carboxylic acids is 1. The maximum Gasteiger partial charge on any atom is 0.233 e. The molecule has 1 amide bonds. The number of amides is 1. The SMILES string of the molecule is Cc1cc(CN2CCCN(C(=O)C3(c4ccc(F)cc4)CCCCC3)CC2)no1. The van der Waals surface area contributed by atoms with Gasteiger partial charge in [-0.3, -0.25) is 9.69 Å². The van der Waals surface area contributed by atoms with E-state index in [-0.39, 0.29) is 11.7 Å². The van der Waals surface area contributed by atoms with Crippen molar-refractivity contribution in [3.05, 3.63) is 53.2 Å². The van der Waals surface area contributed by atoms with Crippen LogP contribution in [0.4, 0.5) is 4.39 Å². The minimum absolute atomic E-state index is 0.225. The fraction of sp³-hybridized carbons (Fsp3) is 0.565. The van der Waals surface area contributed by atoms with Crippen LogP contribution < -0.4 is 0 Å². The highest BCUT2D eigenvalue weighted by atomic mass is 19.1. The first-order chi connectivity index (χ1) is 14.1. The van der Waals surface area contributed by atoms with Gasteiger partial charge in [0.05, 0.1) is 11.1 Å². The molecule has 0 bridgehead atoms. The predicted molar refractivity (Wildman–Crippen MR) is 109 cm³/mol. The molecule has 2 heterocycles. The highest BCUT2D eigenvalue weighted by Gasteiger charge is 2.43. The van der Waals surface area contributed by atoms with Crippen LogP contribution in [0.5, 0.6) is 0 Å². The first-order valence-corrected chi connectivity index (χ1v) is 10.8. The Morgan fingerprint density at radius 1 is 1.07 bits per heavy atom. The Kier molecular flexibility index (Phi) is 5.99. The van der Waals surface area contributed by atoms with Crippen LogP contribution in [0.15, 0.2) is 34.9 Å². The van der Waals surface area contributed by atoms with E-state index in [0.29, 0.717) is 0 Å². The van der Waals surface area contributed by atoms with E-state index in [1.54, 1.807) is 0 Å². The number of aryl methyl sites for hydroxylation is 1. The van der Waals surface area contributed by atoms with Crippen molar-refractivity contribution in [2.24, 2.45) is 0 Å². The molecule has 0 spiro atoms. The van der Waals surface area contributed by atoms with Gasteiger partial charge in [-0.1, -0.05) is 36.6 Å². The fourth-order valence-corrected chi connectivity index (χ4v) is 4.91. The fourth-order valence-electron chi connectivity index (χ4n) is 4.91. The minimum atomic E-state index is -0.496. The van der Waals surface area contributed by atoms with Crippen LogP contribution in [-0.4, -0.2) is 47.0 Å². The van der Waals surface area contributed by atoms with E-state index >= 15 is 0 Å². The van der Waals surface area contributed by atoms with Crippen molar-refractivity contribution >= 4 is 5.91 Å². The third kappa shape index (κ3) is 4.37. The number of hydrogen-bond donors (Lipinski definition) is 0. The first-order valence-electron chi connectivity index (χ1n) is 10.8. The van der Waals surface area contributed by atoms with Gasteiger partial charge in [-0.25, -0.2) is 4.39 Å². The highest BCUT2D eigenvalue weighted by molar-refractivity contribution is 5.88. The van der Waals surface area contributed by atoms with Crippen LogP contribution in [0.3, 0.4) is 0 Å². The molecule has 1 saturated carbocycles. The number of nitrogens with zero attached hydrogens (tertiary/aromatic N) is 3. The Bertz CT molecular complexity index is 827. The Hall–Kier alpha value is -2.21. The summed E-state index contributed by atoms with van der Waals surface area (Å²) in [5.74, 6) is 0.800. The number of rotatable bonds is 4. The number of halogens is 1. The van der Waals surface area contributed by atoms with Crippen LogP contribution in [0.2, 0.25) is 0 Å². The van der Waals surface area contributed by atoms with Gasteiger partial charge in [0.25, 0.3) is 0 Å². The summed E-state index contributed by atoms with van der Waals surface area (Å²) in [6.07, 6.45) is 5.93. The van der Waals surface area contributed by atoms with Gasteiger partial charge in [-0.05, 0) is 43.9 Å². The maximum atomic E-state index is 13.8. The molecular weight excluding hydrogens is 369 g/mol. The zero-order valence-corrected chi connectivity index (χ0v) is 17.2. The van der Waals surface area contributed by atoms with Crippen molar-refractivity contribution in [1.82, 2.24) is 15.0 Å². The standard InChI is InChI=1S/C23H30FN3O2/c1-18-16-21(25-29-18)17-26-12-5-13-27(15-14-26)22(28)23(10-3-2-4-11-23)19-6-8-20(24)9-7-19/h6-9,16H,2-5,10-15,17H2,1H3. The molecule has 6 heteroatoms. The van der Waals surface area contributed by atoms with E-state index in [0.717, 1.165) is 81.8 Å². The Balaban J connectivity index is 1.48. The van der Waals surface area contributed by atoms with Crippen LogP contribution >= 0.6 is 0 Å². The van der Waals surface area contributed by atoms with Crippen LogP contribution in [-0.2, 0) is 16.8 Å². The number of benzene rings is 1. The van der Waals surface area contributed by atoms with Crippen molar-refractivity contribution in [1.29, 1.82) is 0 Å². The van der Waals surface area contributed by atoms with Gasteiger partial charge in [0, 0.05) is 38.8 Å². The third-order valence-electron chi connectivity index (χ3n) is 6.45. The predicted octanol–water partition coefficient (Wildman–Crippen LogP) is 4.06. The van der Waals surface area contributed by atoms with Crippen LogP contribution in [0, 0.1) is 12.7 Å². The summed E-state index contributed by atoms with van der Waals surface area (Å²) in [6, 6.07) is 8.58. The van der Waals surface area contributed by atoms with E-state index < -0.39 is 5.41 Å². The lowest BCUT2D eigenvalue weighted by atomic mass is 9.68. The quantitative estimate of drug-likeness (QED) is 0.778. The molecule has 29 heavy (non-hydrogen) atoms. The molecule has 156 valence electrons. The van der Waals surface area contributed by atoms with Crippen molar-refractivity contribution in [2.45, 2.75) is 57.4 Å². The van der Waals surface area contributed by atoms with Gasteiger partial charge >= 0.3 is 0 Å². The molecule has 5 nitrogen and oxygen atoms in total. The van der Waals surface area contributed by atoms with Gasteiger partial charge in [0.2, 0.25) is 5.91 Å². The smallest absolute Gasteiger partial charge is 0.233 e. The second-order valence-corrected chi connectivity index (χ2v) is 8.50. The molecule has 1 aliphatic heterocycles. The summed E-state index contributed by atoms with van der Waals surface area (Å²) in [4.78, 5) is 18.2. The molecule has 2 fully saturated rings. The van der Waals surface area contributed by atoms with Crippen molar-refractivity contribution in [3.63, 3.8) is 0 Å². The number of aromatic nitrogens is 1. The first kappa shape index (κ1) is 20.1.